The third-order valence-corrected chi connectivity index (χ3v) is 7.07. The molecule has 0 saturated carbocycles. The van der Waals surface area contributed by atoms with Crippen molar-refractivity contribution < 1.29 is 17.9 Å². The van der Waals surface area contributed by atoms with Crippen molar-refractivity contribution in [1.82, 2.24) is 14.1 Å². The van der Waals surface area contributed by atoms with E-state index in [1.54, 1.807) is 12.0 Å². The van der Waals surface area contributed by atoms with Gasteiger partial charge >= 0.3 is 0 Å². The van der Waals surface area contributed by atoms with Crippen LogP contribution in [-0.2, 0) is 14.8 Å². The van der Waals surface area contributed by atoms with Gasteiger partial charge in [0.2, 0.25) is 15.9 Å². The van der Waals surface area contributed by atoms with Gasteiger partial charge in [-0.2, -0.15) is 4.31 Å². The predicted molar refractivity (Wildman–Crippen MR) is 109 cm³/mol. The van der Waals surface area contributed by atoms with Crippen molar-refractivity contribution in [2.75, 3.05) is 52.6 Å². The molecule has 1 amide bonds. The van der Waals surface area contributed by atoms with Gasteiger partial charge in [0, 0.05) is 32.2 Å². The first-order valence-corrected chi connectivity index (χ1v) is 11.8. The summed E-state index contributed by atoms with van der Waals surface area (Å²) < 4.78 is 30.0. The average molecular weight is 410 g/mol. The van der Waals surface area contributed by atoms with Gasteiger partial charge in [-0.3, -0.25) is 9.69 Å². The summed E-state index contributed by atoms with van der Waals surface area (Å²) in [7, 11) is -1.52. The fourth-order valence-corrected chi connectivity index (χ4v) is 4.93. The largest absolute Gasteiger partial charge is 0.497 e. The van der Waals surface area contributed by atoms with E-state index in [1.807, 2.05) is 12.1 Å². The van der Waals surface area contributed by atoms with Gasteiger partial charge in [-0.25, -0.2) is 8.42 Å². The summed E-state index contributed by atoms with van der Waals surface area (Å²) in [6, 6.07) is 8.37. The van der Waals surface area contributed by atoms with E-state index in [2.05, 4.69) is 17.0 Å². The number of carbonyl (C=O) groups is 1. The first-order chi connectivity index (χ1) is 13.4. The highest BCUT2D eigenvalue weighted by Crippen LogP contribution is 2.31. The lowest BCUT2D eigenvalue weighted by Gasteiger charge is -2.36. The van der Waals surface area contributed by atoms with Crippen molar-refractivity contribution in [3.63, 3.8) is 0 Å². The van der Waals surface area contributed by atoms with Crippen LogP contribution in [0.3, 0.4) is 0 Å². The maximum atomic E-state index is 12.9. The number of piperazine rings is 1. The molecule has 8 heteroatoms. The molecule has 0 aliphatic carbocycles. The minimum absolute atomic E-state index is 0.0913. The zero-order chi connectivity index (χ0) is 20.1. The SMILES string of the molecule is COc1ccc([C@@H]2CCCCCN2CC(=O)N2CCN(S(C)(=O)=O)CC2)cc1. The van der Waals surface area contributed by atoms with Crippen molar-refractivity contribution in [2.24, 2.45) is 0 Å². The van der Waals surface area contributed by atoms with E-state index in [0.717, 1.165) is 31.6 Å². The Morgan fingerprint density at radius 2 is 1.71 bits per heavy atom. The quantitative estimate of drug-likeness (QED) is 0.741. The number of benzene rings is 1. The molecule has 0 radical (unpaired) electrons. The van der Waals surface area contributed by atoms with Crippen LogP contribution >= 0.6 is 0 Å². The first-order valence-electron chi connectivity index (χ1n) is 9.99. The molecule has 0 N–H and O–H groups in total. The van der Waals surface area contributed by atoms with E-state index in [1.165, 1.54) is 22.5 Å². The second-order valence-electron chi connectivity index (χ2n) is 7.65. The number of amides is 1. The lowest BCUT2D eigenvalue weighted by molar-refractivity contribution is -0.134. The van der Waals surface area contributed by atoms with E-state index >= 15 is 0 Å². The standard InChI is InChI=1S/C20H31N3O4S/c1-27-18-9-7-17(8-10-18)19-6-4-3-5-11-22(19)16-20(24)21-12-14-23(15-13-21)28(2,25)26/h7-10,19H,3-6,11-16H2,1-2H3/t19-/m0/s1. The van der Waals surface area contributed by atoms with Crippen LogP contribution < -0.4 is 4.74 Å². The molecule has 0 bridgehead atoms. The molecule has 7 nitrogen and oxygen atoms in total. The number of hydrogen-bond acceptors (Lipinski definition) is 5. The maximum absolute atomic E-state index is 12.9. The van der Waals surface area contributed by atoms with Crippen LogP contribution in [0.1, 0.15) is 37.3 Å². The van der Waals surface area contributed by atoms with E-state index in [4.69, 9.17) is 4.74 Å². The number of hydrogen-bond donors (Lipinski definition) is 0. The zero-order valence-electron chi connectivity index (χ0n) is 16.8. The molecule has 1 aromatic rings. The van der Waals surface area contributed by atoms with E-state index in [9.17, 15) is 13.2 Å². The van der Waals surface area contributed by atoms with E-state index in [0.29, 0.717) is 32.7 Å². The maximum Gasteiger partial charge on any atom is 0.236 e. The van der Waals surface area contributed by atoms with Crippen LogP contribution in [0.15, 0.2) is 24.3 Å². The number of methoxy groups -OCH3 is 1. The van der Waals surface area contributed by atoms with Crippen LogP contribution in [0, 0.1) is 0 Å². The van der Waals surface area contributed by atoms with Crippen LogP contribution in [0.4, 0.5) is 0 Å². The number of carbonyl (C=O) groups excluding carboxylic acids is 1. The Morgan fingerprint density at radius 3 is 2.32 bits per heavy atom. The monoisotopic (exact) mass is 409 g/mol. The molecule has 1 aromatic carbocycles. The number of sulfonamides is 1. The minimum atomic E-state index is -3.18. The van der Waals surface area contributed by atoms with Crippen LogP contribution in [0.25, 0.3) is 0 Å². The fourth-order valence-electron chi connectivity index (χ4n) is 4.10. The van der Waals surface area contributed by atoms with Gasteiger partial charge in [-0.1, -0.05) is 25.0 Å². The zero-order valence-corrected chi connectivity index (χ0v) is 17.7. The number of rotatable bonds is 5. The van der Waals surface area contributed by atoms with Crippen molar-refractivity contribution >= 4 is 15.9 Å². The topological polar surface area (TPSA) is 70.2 Å². The highest BCUT2D eigenvalue weighted by Gasteiger charge is 2.29. The van der Waals surface area contributed by atoms with Crippen molar-refractivity contribution in [3.8, 4) is 5.75 Å². The van der Waals surface area contributed by atoms with Crippen LogP contribution in [-0.4, -0.2) is 81.1 Å². The molecule has 28 heavy (non-hydrogen) atoms. The molecule has 2 saturated heterocycles. The number of ether oxygens (including phenoxy) is 1. The summed E-state index contributed by atoms with van der Waals surface area (Å²) in [6.07, 6.45) is 5.71. The molecule has 0 spiro atoms. The van der Waals surface area contributed by atoms with Gasteiger partial charge in [0.05, 0.1) is 19.9 Å². The Morgan fingerprint density at radius 1 is 1.04 bits per heavy atom. The summed E-state index contributed by atoms with van der Waals surface area (Å²) >= 11 is 0. The molecule has 2 aliphatic heterocycles. The van der Waals surface area contributed by atoms with Crippen LogP contribution in [0.5, 0.6) is 5.75 Å². The molecule has 0 unspecified atom stereocenters. The molecular formula is C20H31N3O4S. The third-order valence-electron chi connectivity index (χ3n) is 5.76. The molecule has 0 aromatic heterocycles. The van der Waals surface area contributed by atoms with Gasteiger partial charge in [-0.15, -0.1) is 0 Å². The summed E-state index contributed by atoms with van der Waals surface area (Å²) in [5.41, 5.74) is 1.22. The van der Waals surface area contributed by atoms with Crippen molar-refractivity contribution in [3.05, 3.63) is 29.8 Å². The van der Waals surface area contributed by atoms with Gasteiger partial charge in [0.15, 0.2) is 0 Å². The molecule has 156 valence electrons. The van der Waals surface area contributed by atoms with Gasteiger partial charge in [-0.05, 0) is 37.1 Å². The summed E-state index contributed by atoms with van der Waals surface area (Å²) in [6.45, 7) is 2.99. The molecule has 2 aliphatic rings. The lowest BCUT2D eigenvalue weighted by atomic mass is 10.0. The molecule has 3 rings (SSSR count). The Balaban J connectivity index is 1.65. The molecule has 1 atom stereocenters. The summed E-state index contributed by atoms with van der Waals surface area (Å²) in [5.74, 6) is 0.928. The second-order valence-corrected chi connectivity index (χ2v) is 9.63. The average Bonchev–Trinajstić information content (AvgIpc) is 2.93. The van der Waals surface area contributed by atoms with Crippen molar-refractivity contribution in [2.45, 2.75) is 31.7 Å². The van der Waals surface area contributed by atoms with Gasteiger partial charge < -0.3 is 9.64 Å². The molecule has 2 fully saturated rings. The minimum Gasteiger partial charge on any atom is -0.497 e. The first kappa shape index (κ1) is 21.1. The predicted octanol–water partition coefficient (Wildman–Crippen LogP) is 1.72. The highest BCUT2D eigenvalue weighted by atomic mass is 32.2. The second kappa shape index (κ2) is 9.24. The molecule has 2 heterocycles. The smallest absolute Gasteiger partial charge is 0.236 e. The van der Waals surface area contributed by atoms with Gasteiger partial charge in [0.25, 0.3) is 0 Å². The van der Waals surface area contributed by atoms with E-state index < -0.39 is 10.0 Å². The number of nitrogens with zero attached hydrogens (tertiary/aromatic N) is 3. The Hall–Kier alpha value is -1.64. The Kier molecular flexibility index (Phi) is 6.95. The molecular weight excluding hydrogens is 378 g/mol. The summed E-state index contributed by atoms with van der Waals surface area (Å²) in [4.78, 5) is 17.0. The highest BCUT2D eigenvalue weighted by molar-refractivity contribution is 7.88. The normalized spacial score (nSPS) is 22.6. The van der Waals surface area contributed by atoms with E-state index in [-0.39, 0.29) is 11.9 Å². The van der Waals surface area contributed by atoms with Gasteiger partial charge in [0.1, 0.15) is 5.75 Å². The van der Waals surface area contributed by atoms with Crippen LogP contribution in [0.2, 0.25) is 0 Å². The fraction of sp³-hybridized carbons (Fsp3) is 0.650. The Labute approximate surface area is 168 Å². The summed E-state index contributed by atoms with van der Waals surface area (Å²) in [5, 5.41) is 0. The lowest BCUT2D eigenvalue weighted by Crippen LogP contribution is -2.52. The Bertz CT molecular complexity index is 758. The van der Waals surface area contributed by atoms with Crippen molar-refractivity contribution in [1.29, 1.82) is 0 Å². The third kappa shape index (κ3) is 5.24. The number of likely N-dealkylation sites (tertiary alicyclic amines) is 1.